The molecule has 1 fully saturated rings. The van der Waals surface area contributed by atoms with E-state index in [1.54, 1.807) is 59.5 Å². The summed E-state index contributed by atoms with van der Waals surface area (Å²) in [4.78, 5) is 42.1. The largest absolute Gasteiger partial charge is 0.496 e. The van der Waals surface area contributed by atoms with Crippen LogP contribution < -0.4 is 4.74 Å². The fraction of sp³-hybridized carbons (Fsp3) is 0.222. The van der Waals surface area contributed by atoms with Crippen LogP contribution in [0.25, 0.3) is 0 Å². The van der Waals surface area contributed by atoms with E-state index in [0.29, 0.717) is 34.5 Å². The molecule has 2 aliphatic rings. The van der Waals surface area contributed by atoms with Crippen LogP contribution in [0.2, 0.25) is 0 Å². The Bertz CT molecular complexity index is 1250. The van der Waals surface area contributed by atoms with Gasteiger partial charge in [0, 0.05) is 6.54 Å². The number of amides is 3. The highest BCUT2D eigenvalue weighted by atomic mass is 19.1. The molecule has 0 saturated carbocycles. The number of imide groups is 1. The molecule has 3 aromatic rings. The van der Waals surface area contributed by atoms with Crippen LogP contribution in [-0.4, -0.2) is 41.2 Å². The molecule has 0 radical (unpaired) electrons. The number of halogens is 1. The number of carbonyl (C=O) groups excluding carboxylic acids is 3. The molecule has 34 heavy (non-hydrogen) atoms. The van der Waals surface area contributed by atoms with Crippen LogP contribution in [0.4, 0.5) is 4.39 Å². The Hall–Kier alpha value is -4.00. The second-order valence-electron chi connectivity index (χ2n) is 8.48. The Labute approximate surface area is 196 Å². The number of nitrogens with zero attached hydrogens (tertiary/aromatic N) is 2. The third-order valence-corrected chi connectivity index (χ3v) is 6.48. The first-order chi connectivity index (χ1) is 16.5. The molecule has 7 heteroatoms. The van der Waals surface area contributed by atoms with E-state index in [0.717, 1.165) is 18.4 Å². The molecule has 1 atom stereocenters. The highest BCUT2D eigenvalue weighted by Crippen LogP contribution is 2.35. The molecule has 3 amide bonds. The lowest BCUT2D eigenvalue weighted by atomic mass is 10.0. The molecule has 0 aromatic heterocycles. The van der Waals surface area contributed by atoms with E-state index >= 15 is 0 Å². The lowest BCUT2D eigenvalue weighted by Crippen LogP contribution is -2.31. The van der Waals surface area contributed by atoms with E-state index in [9.17, 15) is 18.8 Å². The zero-order valence-corrected chi connectivity index (χ0v) is 18.7. The van der Waals surface area contributed by atoms with Gasteiger partial charge in [-0.3, -0.25) is 19.3 Å². The van der Waals surface area contributed by atoms with Crippen molar-refractivity contribution < 1.29 is 23.5 Å². The molecule has 2 aliphatic heterocycles. The molecular weight excluding hydrogens is 435 g/mol. The van der Waals surface area contributed by atoms with Crippen LogP contribution in [0.5, 0.6) is 5.75 Å². The van der Waals surface area contributed by atoms with Gasteiger partial charge >= 0.3 is 0 Å². The fourth-order valence-corrected chi connectivity index (χ4v) is 4.78. The molecule has 6 nitrogen and oxygen atoms in total. The van der Waals surface area contributed by atoms with Crippen molar-refractivity contribution in [2.45, 2.75) is 25.4 Å². The number of methoxy groups -OCH3 is 1. The first kappa shape index (κ1) is 21.8. The van der Waals surface area contributed by atoms with Gasteiger partial charge in [-0.2, -0.15) is 0 Å². The fourth-order valence-electron chi connectivity index (χ4n) is 4.78. The Morgan fingerprint density at radius 3 is 2.32 bits per heavy atom. The van der Waals surface area contributed by atoms with Gasteiger partial charge in [-0.15, -0.1) is 0 Å². The van der Waals surface area contributed by atoms with Crippen LogP contribution >= 0.6 is 0 Å². The van der Waals surface area contributed by atoms with E-state index in [2.05, 4.69) is 0 Å². The monoisotopic (exact) mass is 458 g/mol. The number of ether oxygens (including phenoxy) is 1. The zero-order valence-electron chi connectivity index (χ0n) is 18.7. The Morgan fingerprint density at radius 1 is 1.00 bits per heavy atom. The standard InChI is InChI=1S/C27H23FN2O4/c1-34-24-13-8-17(16-30-25(31)20-5-2-3-6-21(20)26(30)32)15-22(24)27(33)29-14-4-7-23(29)18-9-11-19(28)12-10-18/h2-3,5-6,8-13,15,23H,4,7,14,16H2,1H3. The lowest BCUT2D eigenvalue weighted by molar-refractivity contribution is 0.0642. The first-order valence-electron chi connectivity index (χ1n) is 11.2. The minimum absolute atomic E-state index is 0.0536. The summed E-state index contributed by atoms with van der Waals surface area (Å²) < 4.78 is 18.9. The predicted molar refractivity (Wildman–Crippen MR) is 123 cm³/mol. The molecule has 3 aromatic carbocycles. The maximum absolute atomic E-state index is 13.6. The third-order valence-electron chi connectivity index (χ3n) is 6.48. The molecule has 0 aliphatic carbocycles. The number of likely N-dealkylation sites (tertiary alicyclic amines) is 1. The van der Waals surface area contributed by atoms with Gasteiger partial charge in [0.05, 0.1) is 36.4 Å². The number of carbonyl (C=O) groups is 3. The van der Waals surface area contributed by atoms with Gasteiger partial charge in [0.2, 0.25) is 0 Å². The Morgan fingerprint density at radius 2 is 1.68 bits per heavy atom. The quantitative estimate of drug-likeness (QED) is 0.524. The summed E-state index contributed by atoms with van der Waals surface area (Å²) in [5.41, 5.74) is 2.67. The zero-order chi connectivity index (χ0) is 23.8. The van der Waals surface area contributed by atoms with Crippen molar-refractivity contribution >= 4 is 17.7 Å². The highest BCUT2D eigenvalue weighted by Gasteiger charge is 2.36. The predicted octanol–water partition coefficient (Wildman–Crippen LogP) is 4.61. The summed E-state index contributed by atoms with van der Waals surface area (Å²) in [5.74, 6) is -0.795. The average molecular weight is 458 g/mol. The van der Waals surface area contributed by atoms with Gasteiger partial charge in [0.25, 0.3) is 17.7 Å². The van der Waals surface area contributed by atoms with Crippen molar-refractivity contribution in [1.29, 1.82) is 0 Å². The maximum atomic E-state index is 13.6. The molecule has 0 bridgehead atoms. The minimum atomic E-state index is -0.347. The van der Waals surface area contributed by atoms with Gasteiger partial charge in [0.15, 0.2) is 0 Å². The van der Waals surface area contributed by atoms with Crippen molar-refractivity contribution in [2.75, 3.05) is 13.7 Å². The molecule has 1 unspecified atom stereocenters. The van der Waals surface area contributed by atoms with Crippen molar-refractivity contribution in [3.63, 3.8) is 0 Å². The van der Waals surface area contributed by atoms with Crippen LogP contribution in [0.3, 0.4) is 0 Å². The number of hydrogen-bond acceptors (Lipinski definition) is 4. The normalized spacial score (nSPS) is 17.3. The molecule has 1 saturated heterocycles. The van der Waals surface area contributed by atoms with E-state index < -0.39 is 0 Å². The molecule has 0 spiro atoms. The van der Waals surface area contributed by atoms with Crippen molar-refractivity contribution in [1.82, 2.24) is 9.80 Å². The van der Waals surface area contributed by atoms with Gasteiger partial charge in [-0.05, 0) is 60.4 Å². The van der Waals surface area contributed by atoms with Crippen molar-refractivity contribution in [3.05, 3.63) is 100 Å². The number of fused-ring (bicyclic) bond motifs is 1. The second-order valence-corrected chi connectivity index (χ2v) is 8.48. The number of benzene rings is 3. The minimum Gasteiger partial charge on any atom is -0.496 e. The summed E-state index contributed by atoms with van der Waals surface area (Å²) in [6.07, 6.45) is 1.62. The average Bonchev–Trinajstić information content (AvgIpc) is 3.44. The topological polar surface area (TPSA) is 66.9 Å². The Balaban J connectivity index is 1.42. The second kappa shape index (κ2) is 8.74. The van der Waals surface area contributed by atoms with Crippen LogP contribution in [0.15, 0.2) is 66.7 Å². The summed E-state index contributed by atoms with van der Waals surface area (Å²) >= 11 is 0. The summed E-state index contributed by atoms with van der Waals surface area (Å²) in [5, 5.41) is 0. The van der Waals surface area contributed by atoms with Crippen LogP contribution in [-0.2, 0) is 6.54 Å². The summed E-state index contributed by atoms with van der Waals surface area (Å²) in [7, 11) is 1.50. The van der Waals surface area contributed by atoms with Crippen LogP contribution in [0, 0.1) is 5.82 Å². The van der Waals surface area contributed by atoms with Crippen molar-refractivity contribution in [3.8, 4) is 5.75 Å². The van der Waals surface area contributed by atoms with Gasteiger partial charge in [-0.25, -0.2) is 4.39 Å². The SMILES string of the molecule is COc1ccc(CN2C(=O)c3ccccc3C2=O)cc1C(=O)N1CCCC1c1ccc(F)cc1. The summed E-state index contributed by atoms with van der Waals surface area (Å²) in [6.45, 7) is 0.630. The van der Waals surface area contributed by atoms with E-state index in [1.165, 1.54) is 24.1 Å². The number of rotatable bonds is 5. The number of hydrogen-bond donors (Lipinski definition) is 0. The molecular formula is C27H23FN2O4. The molecule has 172 valence electrons. The van der Waals surface area contributed by atoms with Crippen molar-refractivity contribution in [2.24, 2.45) is 0 Å². The Kier molecular flexibility index (Phi) is 5.61. The molecule has 5 rings (SSSR count). The van der Waals surface area contributed by atoms with Crippen LogP contribution in [0.1, 0.15) is 61.1 Å². The van der Waals surface area contributed by atoms with E-state index in [-0.39, 0.29) is 36.1 Å². The lowest BCUT2D eigenvalue weighted by Gasteiger charge is -2.26. The van der Waals surface area contributed by atoms with Gasteiger partial charge in [-0.1, -0.05) is 30.3 Å². The third kappa shape index (κ3) is 3.73. The molecule has 2 heterocycles. The smallest absolute Gasteiger partial charge is 0.261 e. The summed E-state index contributed by atoms with van der Waals surface area (Å²) in [6, 6.07) is 17.9. The maximum Gasteiger partial charge on any atom is 0.261 e. The highest BCUT2D eigenvalue weighted by molar-refractivity contribution is 6.21. The van der Waals surface area contributed by atoms with E-state index in [4.69, 9.17) is 4.74 Å². The molecule has 0 N–H and O–H groups in total. The first-order valence-corrected chi connectivity index (χ1v) is 11.2. The van der Waals surface area contributed by atoms with E-state index in [1.807, 2.05) is 0 Å². The van der Waals surface area contributed by atoms with Gasteiger partial charge < -0.3 is 9.64 Å². The van der Waals surface area contributed by atoms with Gasteiger partial charge in [0.1, 0.15) is 11.6 Å².